The number of fused-ring (bicyclic) bond motifs is 1. The predicted molar refractivity (Wildman–Crippen MR) is 100 cm³/mol. The largest absolute Gasteiger partial charge is 0.466 e. The molecule has 3 heterocycles. The Hall–Kier alpha value is -1.69. The second kappa shape index (κ2) is 6.56. The van der Waals surface area contributed by atoms with E-state index in [4.69, 9.17) is 14.7 Å². The zero-order chi connectivity index (χ0) is 17.6. The van der Waals surface area contributed by atoms with E-state index in [1.807, 2.05) is 6.92 Å². The number of hydrogen-bond donors (Lipinski definition) is 0. The van der Waals surface area contributed by atoms with Gasteiger partial charge >= 0.3 is 5.97 Å². The summed E-state index contributed by atoms with van der Waals surface area (Å²) in [6.45, 7) is 8.27. The molecule has 6 heteroatoms. The molecule has 25 heavy (non-hydrogen) atoms. The van der Waals surface area contributed by atoms with Crippen molar-refractivity contribution in [2.75, 3.05) is 24.6 Å². The molecule has 4 rings (SSSR count). The van der Waals surface area contributed by atoms with Gasteiger partial charge < -0.3 is 9.64 Å². The highest BCUT2D eigenvalue weighted by Gasteiger charge is 2.32. The molecule has 1 unspecified atom stereocenters. The lowest BCUT2D eigenvalue weighted by molar-refractivity contribution is -0.148. The number of piperidine rings is 1. The van der Waals surface area contributed by atoms with Crippen molar-refractivity contribution < 1.29 is 9.53 Å². The van der Waals surface area contributed by atoms with E-state index in [1.54, 1.807) is 11.3 Å². The highest BCUT2D eigenvalue weighted by atomic mass is 32.1. The van der Waals surface area contributed by atoms with Crippen LogP contribution in [0.2, 0.25) is 0 Å². The smallest absolute Gasteiger partial charge is 0.310 e. The normalized spacial score (nSPS) is 20.9. The van der Waals surface area contributed by atoms with E-state index >= 15 is 0 Å². The van der Waals surface area contributed by atoms with Gasteiger partial charge in [0.05, 0.1) is 17.9 Å². The summed E-state index contributed by atoms with van der Waals surface area (Å²) in [5.74, 6) is 2.42. The SMILES string of the molecule is CCOC(=O)C1CCCN(c2nc(C3CC3)nc3sc(C)c(C)c23)C1. The highest BCUT2D eigenvalue weighted by molar-refractivity contribution is 7.18. The fraction of sp³-hybridized carbons (Fsp3) is 0.632. The van der Waals surface area contributed by atoms with Gasteiger partial charge in [0.25, 0.3) is 0 Å². The Morgan fingerprint density at radius 3 is 2.80 bits per heavy atom. The molecule has 2 fully saturated rings. The van der Waals surface area contributed by atoms with Crippen LogP contribution in [0, 0.1) is 19.8 Å². The first-order chi connectivity index (χ1) is 12.1. The average molecular weight is 359 g/mol. The molecule has 5 nitrogen and oxygen atoms in total. The topological polar surface area (TPSA) is 55.3 Å². The van der Waals surface area contributed by atoms with Crippen molar-refractivity contribution >= 4 is 33.3 Å². The lowest BCUT2D eigenvalue weighted by Crippen LogP contribution is -2.40. The molecule has 1 aliphatic carbocycles. The lowest BCUT2D eigenvalue weighted by atomic mass is 9.98. The summed E-state index contributed by atoms with van der Waals surface area (Å²) >= 11 is 1.76. The molecule has 0 N–H and O–H groups in total. The Kier molecular flexibility index (Phi) is 4.40. The van der Waals surface area contributed by atoms with Gasteiger partial charge in [-0.15, -0.1) is 11.3 Å². The van der Waals surface area contributed by atoms with Crippen molar-refractivity contribution in [1.82, 2.24) is 9.97 Å². The summed E-state index contributed by atoms with van der Waals surface area (Å²) in [5.41, 5.74) is 1.27. The quantitative estimate of drug-likeness (QED) is 0.773. The molecular formula is C19H25N3O2S. The number of rotatable bonds is 4. The van der Waals surface area contributed by atoms with Gasteiger partial charge in [0, 0.05) is 23.9 Å². The Bertz CT molecular complexity index is 813. The van der Waals surface area contributed by atoms with Crippen LogP contribution in [0.4, 0.5) is 5.82 Å². The molecule has 134 valence electrons. The van der Waals surface area contributed by atoms with Gasteiger partial charge in [-0.05, 0) is 52.0 Å². The van der Waals surface area contributed by atoms with E-state index in [-0.39, 0.29) is 11.9 Å². The fourth-order valence-corrected chi connectivity index (χ4v) is 4.65. The van der Waals surface area contributed by atoms with Crippen LogP contribution < -0.4 is 4.90 Å². The average Bonchev–Trinajstić information content (AvgIpc) is 3.42. The number of ether oxygens (including phenoxy) is 1. The minimum Gasteiger partial charge on any atom is -0.466 e. The van der Waals surface area contributed by atoms with E-state index < -0.39 is 0 Å². The number of aryl methyl sites for hydroxylation is 2. The second-order valence-electron chi connectivity index (χ2n) is 7.18. The molecule has 2 aromatic rings. The summed E-state index contributed by atoms with van der Waals surface area (Å²) in [5, 5.41) is 1.18. The third-order valence-corrected chi connectivity index (χ3v) is 6.41. The molecular weight excluding hydrogens is 334 g/mol. The summed E-state index contributed by atoms with van der Waals surface area (Å²) in [6.07, 6.45) is 4.29. The van der Waals surface area contributed by atoms with Gasteiger partial charge in [-0.1, -0.05) is 0 Å². The van der Waals surface area contributed by atoms with Crippen molar-refractivity contribution in [3.63, 3.8) is 0 Å². The van der Waals surface area contributed by atoms with Crippen LogP contribution >= 0.6 is 11.3 Å². The monoisotopic (exact) mass is 359 g/mol. The van der Waals surface area contributed by atoms with Crippen molar-refractivity contribution in [2.45, 2.75) is 52.4 Å². The van der Waals surface area contributed by atoms with Crippen LogP contribution in [0.1, 0.15) is 54.8 Å². The number of esters is 1. The minimum atomic E-state index is -0.0712. The van der Waals surface area contributed by atoms with Crippen molar-refractivity contribution in [3.05, 3.63) is 16.3 Å². The molecule has 1 aliphatic heterocycles. The standard InChI is InChI=1S/C19H25N3O2S/c1-4-24-19(23)14-6-5-9-22(10-14)17-15-11(2)12(3)25-18(15)21-16(20-17)13-7-8-13/h13-14H,4-10H2,1-3H3. The van der Waals surface area contributed by atoms with Crippen LogP contribution in [0.3, 0.4) is 0 Å². The molecule has 0 amide bonds. The van der Waals surface area contributed by atoms with Gasteiger partial charge in [0.1, 0.15) is 16.5 Å². The lowest BCUT2D eigenvalue weighted by Gasteiger charge is -2.33. The molecule has 2 aromatic heterocycles. The summed E-state index contributed by atoms with van der Waals surface area (Å²) in [7, 11) is 0. The number of carbonyl (C=O) groups excluding carboxylic acids is 1. The van der Waals surface area contributed by atoms with Gasteiger partial charge in [-0.2, -0.15) is 0 Å². The van der Waals surface area contributed by atoms with Crippen LogP contribution in [0.15, 0.2) is 0 Å². The number of anilines is 1. The second-order valence-corrected chi connectivity index (χ2v) is 8.38. The molecule has 0 spiro atoms. The van der Waals surface area contributed by atoms with Gasteiger partial charge in [-0.25, -0.2) is 9.97 Å². The van der Waals surface area contributed by atoms with E-state index in [2.05, 4.69) is 18.7 Å². The molecule has 0 radical (unpaired) electrons. The van der Waals surface area contributed by atoms with Crippen LogP contribution in [0.25, 0.3) is 10.2 Å². The fourth-order valence-electron chi connectivity index (χ4n) is 3.62. The molecule has 1 atom stereocenters. The highest BCUT2D eigenvalue weighted by Crippen LogP contribution is 2.42. The zero-order valence-corrected chi connectivity index (χ0v) is 16.0. The molecule has 0 bridgehead atoms. The predicted octanol–water partition coefficient (Wildman–Crippen LogP) is 3.97. The van der Waals surface area contributed by atoms with E-state index in [0.717, 1.165) is 35.9 Å². The zero-order valence-electron chi connectivity index (χ0n) is 15.2. The Morgan fingerprint density at radius 1 is 1.28 bits per heavy atom. The number of nitrogens with zero attached hydrogens (tertiary/aromatic N) is 3. The Morgan fingerprint density at radius 2 is 2.08 bits per heavy atom. The van der Waals surface area contributed by atoms with E-state index in [9.17, 15) is 4.79 Å². The van der Waals surface area contributed by atoms with E-state index in [0.29, 0.717) is 19.1 Å². The van der Waals surface area contributed by atoms with E-state index in [1.165, 1.54) is 28.7 Å². The van der Waals surface area contributed by atoms with Crippen LogP contribution in [0.5, 0.6) is 0 Å². The third-order valence-electron chi connectivity index (χ3n) is 5.31. The van der Waals surface area contributed by atoms with Gasteiger partial charge in [0.2, 0.25) is 0 Å². The first-order valence-electron chi connectivity index (χ1n) is 9.27. The summed E-state index contributed by atoms with van der Waals surface area (Å²) < 4.78 is 5.26. The minimum absolute atomic E-state index is 0.0527. The molecule has 2 aliphatic rings. The van der Waals surface area contributed by atoms with Crippen molar-refractivity contribution in [1.29, 1.82) is 0 Å². The Balaban J connectivity index is 1.73. The number of carbonyl (C=O) groups is 1. The van der Waals surface area contributed by atoms with Crippen molar-refractivity contribution in [2.24, 2.45) is 5.92 Å². The molecule has 1 saturated carbocycles. The van der Waals surface area contributed by atoms with Crippen LogP contribution in [-0.4, -0.2) is 35.6 Å². The molecule has 1 saturated heterocycles. The van der Waals surface area contributed by atoms with Crippen molar-refractivity contribution in [3.8, 4) is 0 Å². The number of thiophene rings is 1. The summed E-state index contributed by atoms with van der Waals surface area (Å²) in [4.78, 5) is 26.7. The maximum atomic E-state index is 12.2. The van der Waals surface area contributed by atoms with Crippen LogP contribution in [-0.2, 0) is 9.53 Å². The maximum Gasteiger partial charge on any atom is 0.310 e. The third kappa shape index (κ3) is 3.12. The van der Waals surface area contributed by atoms with Gasteiger partial charge in [0.15, 0.2) is 0 Å². The molecule has 0 aromatic carbocycles. The maximum absolute atomic E-state index is 12.2. The summed E-state index contributed by atoms with van der Waals surface area (Å²) in [6, 6.07) is 0. The van der Waals surface area contributed by atoms with Gasteiger partial charge in [-0.3, -0.25) is 4.79 Å². The number of hydrogen-bond acceptors (Lipinski definition) is 6. The Labute approximate surface area is 152 Å². The first-order valence-corrected chi connectivity index (χ1v) is 10.1. The number of aromatic nitrogens is 2. The first kappa shape index (κ1) is 16.8.